The quantitative estimate of drug-likeness (QED) is 0.472. The molecule has 0 atom stereocenters. The standard InChI is InChI=1S/C25H19N3O4/c1-30-21-10-8-18-14-28(25-27-20-9-7-17(13-26)11-22(20)32-25)23(29)12-19(18)24(21)31-15-16-5-3-2-4-6-16/h2-11H,12,14-15H2,1H3. The number of nitriles is 1. The van der Waals surface area contributed by atoms with Crippen molar-refractivity contribution in [3.05, 3.63) is 82.9 Å². The van der Waals surface area contributed by atoms with Crippen molar-refractivity contribution in [3.8, 4) is 17.6 Å². The number of anilines is 1. The van der Waals surface area contributed by atoms with Crippen LogP contribution in [0.15, 0.2) is 65.1 Å². The van der Waals surface area contributed by atoms with Crippen LogP contribution in [0.25, 0.3) is 11.1 Å². The molecule has 3 aromatic carbocycles. The van der Waals surface area contributed by atoms with Crippen molar-refractivity contribution < 1.29 is 18.7 Å². The van der Waals surface area contributed by atoms with E-state index in [9.17, 15) is 4.79 Å². The zero-order valence-electron chi connectivity index (χ0n) is 17.4. The SMILES string of the molecule is COc1ccc2c(c1OCc1ccccc1)CC(=O)N(c1nc3ccc(C#N)cc3o1)C2. The molecule has 1 amide bonds. The number of ether oxygens (including phenoxy) is 2. The first kappa shape index (κ1) is 19.6. The zero-order chi connectivity index (χ0) is 22.1. The van der Waals surface area contributed by atoms with Crippen LogP contribution in [-0.4, -0.2) is 18.0 Å². The van der Waals surface area contributed by atoms with Crippen molar-refractivity contribution in [1.29, 1.82) is 5.26 Å². The van der Waals surface area contributed by atoms with Gasteiger partial charge in [0.2, 0.25) is 5.91 Å². The largest absolute Gasteiger partial charge is 0.493 e. The van der Waals surface area contributed by atoms with Gasteiger partial charge in [0.1, 0.15) is 12.1 Å². The smallest absolute Gasteiger partial charge is 0.305 e. The summed E-state index contributed by atoms with van der Waals surface area (Å²) < 4.78 is 17.4. The van der Waals surface area contributed by atoms with Crippen LogP contribution in [0.4, 0.5) is 6.01 Å². The molecule has 0 fully saturated rings. The Morgan fingerprint density at radius 2 is 2.00 bits per heavy atom. The number of benzene rings is 3. The van der Waals surface area contributed by atoms with Gasteiger partial charge in [0.05, 0.1) is 31.7 Å². The van der Waals surface area contributed by atoms with Crippen LogP contribution in [0.1, 0.15) is 22.3 Å². The summed E-state index contributed by atoms with van der Waals surface area (Å²) in [5.74, 6) is 1.02. The molecule has 1 aliphatic heterocycles. The van der Waals surface area contributed by atoms with E-state index in [1.54, 1.807) is 25.3 Å². The van der Waals surface area contributed by atoms with E-state index >= 15 is 0 Å². The van der Waals surface area contributed by atoms with Gasteiger partial charge in [-0.15, -0.1) is 0 Å². The number of hydrogen-bond acceptors (Lipinski definition) is 6. The molecule has 0 aliphatic carbocycles. The summed E-state index contributed by atoms with van der Waals surface area (Å²) in [5, 5.41) is 9.09. The maximum Gasteiger partial charge on any atom is 0.305 e. The Hall–Kier alpha value is -4.31. The van der Waals surface area contributed by atoms with Crippen molar-refractivity contribution in [1.82, 2.24) is 4.98 Å². The first-order valence-corrected chi connectivity index (χ1v) is 10.1. The van der Waals surface area contributed by atoms with E-state index < -0.39 is 0 Å². The second kappa shape index (κ2) is 8.08. The molecule has 7 heteroatoms. The third-order valence-electron chi connectivity index (χ3n) is 5.46. The summed E-state index contributed by atoms with van der Waals surface area (Å²) in [6.45, 7) is 0.676. The Bertz CT molecular complexity index is 1360. The van der Waals surface area contributed by atoms with Crippen molar-refractivity contribution in [2.75, 3.05) is 12.0 Å². The van der Waals surface area contributed by atoms with Crippen LogP contribution in [0.3, 0.4) is 0 Å². The van der Waals surface area contributed by atoms with E-state index in [1.165, 1.54) is 4.90 Å². The summed E-state index contributed by atoms with van der Waals surface area (Å²) in [7, 11) is 1.59. The molecule has 0 saturated heterocycles. The summed E-state index contributed by atoms with van der Waals surface area (Å²) in [4.78, 5) is 19.0. The van der Waals surface area contributed by atoms with Crippen LogP contribution in [-0.2, 0) is 24.4 Å². The van der Waals surface area contributed by atoms with Gasteiger partial charge in [0.15, 0.2) is 17.1 Å². The number of aromatic nitrogens is 1. The van der Waals surface area contributed by atoms with Gasteiger partial charge in [0, 0.05) is 11.6 Å². The normalized spacial score (nSPS) is 13.0. The van der Waals surface area contributed by atoms with Crippen molar-refractivity contribution in [2.24, 2.45) is 0 Å². The van der Waals surface area contributed by atoms with Gasteiger partial charge in [0.25, 0.3) is 0 Å². The topological polar surface area (TPSA) is 88.6 Å². The minimum atomic E-state index is -0.151. The van der Waals surface area contributed by atoms with Crippen LogP contribution in [0, 0.1) is 11.3 Å². The van der Waals surface area contributed by atoms with E-state index in [0.717, 1.165) is 16.7 Å². The molecule has 5 rings (SSSR count). The Balaban J connectivity index is 1.46. The summed E-state index contributed by atoms with van der Waals surface area (Å²) >= 11 is 0. The van der Waals surface area contributed by atoms with E-state index in [4.69, 9.17) is 19.2 Å². The lowest BCUT2D eigenvalue weighted by atomic mass is 9.97. The van der Waals surface area contributed by atoms with Gasteiger partial charge in [-0.3, -0.25) is 9.69 Å². The number of carbonyl (C=O) groups is 1. The van der Waals surface area contributed by atoms with Crippen LogP contribution in [0.5, 0.6) is 11.5 Å². The van der Waals surface area contributed by atoms with E-state index in [2.05, 4.69) is 11.1 Å². The fraction of sp³-hybridized carbons (Fsp3) is 0.160. The van der Waals surface area contributed by atoms with Gasteiger partial charge in [-0.2, -0.15) is 10.2 Å². The maximum absolute atomic E-state index is 13.1. The highest BCUT2D eigenvalue weighted by Gasteiger charge is 2.31. The Morgan fingerprint density at radius 1 is 1.16 bits per heavy atom. The molecular formula is C25H19N3O4. The molecule has 7 nitrogen and oxygen atoms in total. The van der Waals surface area contributed by atoms with Crippen LogP contribution < -0.4 is 14.4 Å². The molecule has 0 spiro atoms. The minimum absolute atomic E-state index is 0.138. The lowest BCUT2D eigenvalue weighted by molar-refractivity contribution is -0.118. The van der Waals surface area contributed by atoms with Gasteiger partial charge in [-0.1, -0.05) is 36.4 Å². The molecule has 0 N–H and O–H groups in total. The third-order valence-corrected chi connectivity index (χ3v) is 5.46. The first-order chi connectivity index (χ1) is 15.7. The molecule has 2 heterocycles. The predicted octanol–water partition coefficient (Wildman–Crippen LogP) is 4.38. The van der Waals surface area contributed by atoms with Gasteiger partial charge < -0.3 is 13.9 Å². The van der Waals surface area contributed by atoms with Gasteiger partial charge >= 0.3 is 6.01 Å². The zero-order valence-corrected chi connectivity index (χ0v) is 17.4. The second-order valence-corrected chi connectivity index (χ2v) is 7.46. The second-order valence-electron chi connectivity index (χ2n) is 7.46. The Morgan fingerprint density at radius 3 is 2.78 bits per heavy atom. The van der Waals surface area contributed by atoms with Crippen molar-refractivity contribution in [2.45, 2.75) is 19.6 Å². The van der Waals surface area contributed by atoms with Gasteiger partial charge in [-0.25, -0.2) is 0 Å². The molecule has 0 radical (unpaired) electrons. The summed E-state index contributed by atoms with van der Waals surface area (Å²) in [5.41, 5.74) is 4.32. The fourth-order valence-corrected chi connectivity index (χ4v) is 3.81. The highest BCUT2D eigenvalue weighted by Crippen LogP contribution is 2.38. The number of nitrogens with zero attached hydrogens (tertiary/aromatic N) is 3. The number of carbonyl (C=O) groups excluding carboxylic acids is 1. The Labute approximate surface area is 184 Å². The highest BCUT2D eigenvalue weighted by molar-refractivity contribution is 5.96. The number of fused-ring (bicyclic) bond motifs is 2. The van der Waals surface area contributed by atoms with Crippen molar-refractivity contribution in [3.63, 3.8) is 0 Å². The first-order valence-electron chi connectivity index (χ1n) is 10.1. The number of oxazole rings is 1. The molecule has 158 valence electrons. The van der Waals surface area contributed by atoms with E-state index in [-0.39, 0.29) is 18.3 Å². The number of methoxy groups -OCH3 is 1. The maximum atomic E-state index is 13.1. The average Bonchev–Trinajstić information content (AvgIpc) is 3.25. The average molecular weight is 425 g/mol. The summed E-state index contributed by atoms with van der Waals surface area (Å²) in [6.07, 6.45) is 0.138. The van der Waals surface area contributed by atoms with Crippen LogP contribution >= 0.6 is 0 Å². The van der Waals surface area contributed by atoms with Crippen molar-refractivity contribution >= 4 is 23.0 Å². The molecule has 0 saturated carbocycles. The lowest BCUT2D eigenvalue weighted by Crippen LogP contribution is -2.36. The number of rotatable bonds is 5. The lowest BCUT2D eigenvalue weighted by Gasteiger charge is -2.28. The number of hydrogen-bond donors (Lipinski definition) is 0. The third kappa shape index (κ3) is 3.52. The predicted molar refractivity (Wildman–Crippen MR) is 117 cm³/mol. The molecule has 1 aliphatic rings. The van der Waals surface area contributed by atoms with Gasteiger partial charge in [-0.05, 0) is 29.3 Å². The minimum Gasteiger partial charge on any atom is -0.493 e. The molecule has 0 unspecified atom stereocenters. The molecule has 32 heavy (non-hydrogen) atoms. The highest BCUT2D eigenvalue weighted by atomic mass is 16.5. The molecule has 4 aromatic rings. The Kier molecular flexibility index (Phi) is 4.96. The van der Waals surface area contributed by atoms with E-state index in [1.807, 2.05) is 42.5 Å². The number of amides is 1. The van der Waals surface area contributed by atoms with Crippen LogP contribution in [0.2, 0.25) is 0 Å². The summed E-state index contributed by atoms with van der Waals surface area (Å²) in [6, 6.07) is 20.9. The molecular weight excluding hydrogens is 406 g/mol. The van der Waals surface area contributed by atoms with E-state index in [0.29, 0.717) is 41.3 Å². The monoisotopic (exact) mass is 425 g/mol. The molecule has 0 bridgehead atoms. The molecule has 1 aromatic heterocycles. The fourth-order valence-electron chi connectivity index (χ4n) is 3.81.